The monoisotopic (exact) mass is 301 g/mol. The van der Waals surface area contributed by atoms with Crippen molar-refractivity contribution in [2.45, 2.75) is 19.1 Å². The second-order valence-corrected chi connectivity index (χ2v) is 5.38. The van der Waals surface area contributed by atoms with Gasteiger partial charge >= 0.3 is 5.97 Å². The maximum absolute atomic E-state index is 14.0. The molecule has 0 fully saturated rings. The number of ether oxygens (including phenoxy) is 1. The molecule has 22 heavy (non-hydrogen) atoms. The number of carbonyl (C=O) groups excluding carboxylic acids is 1. The number of benzene rings is 2. The standard InChI is InChI=1S/C18H20FNO2/c1-13(14-9-5-4-6-10-14)22-18(21)17(20(2)3)15-11-7-8-12-16(15)19/h4-13,17H,1-3H3/t13-,17-/m0/s1. The molecule has 0 spiro atoms. The van der Waals surface area contributed by atoms with Gasteiger partial charge in [0, 0.05) is 5.56 Å². The molecule has 0 amide bonds. The van der Waals surface area contributed by atoms with Gasteiger partial charge in [0.25, 0.3) is 0 Å². The normalized spacial score (nSPS) is 13.7. The summed E-state index contributed by atoms with van der Waals surface area (Å²) in [7, 11) is 3.46. The van der Waals surface area contributed by atoms with Gasteiger partial charge in [-0.05, 0) is 32.6 Å². The molecule has 0 aliphatic rings. The molecule has 2 aromatic rings. The van der Waals surface area contributed by atoms with E-state index in [1.807, 2.05) is 30.3 Å². The predicted octanol–water partition coefficient (Wildman–Crippen LogP) is 3.73. The third kappa shape index (κ3) is 3.71. The smallest absolute Gasteiger partial charge is 0.328 e. The Bertz CT molecular complexity index is 628. The fourth-order valence-electron chi connectivity index (χ4n) is 2.34. The molecule has 3 nitrogen and oxygen atoms in total. The Morgan fingerprint density at radius 1 is 1.05 bits per heavy atom. The zero-order valence-corrected chi connectivity index (χ0v) is 13.0. The predicted molar refractivity (Wildman–Crippen MR) is 83.8 cm³/mol. The van der Waals surface area contributed by atoms with Crippen molar-refractivity contribution in [3.8, 4) is 0 Å². The second-order valence-electron chi connectivity index (χ2n) is 5.38. The van der Waals surface area contributed by atoms with E-state index >= 15 is 0 Å². The maximum atomic E-state index is 14.0. The summed E-state index contributed by atoms with van der Waals surface area (Å²) in [5.74, 6) is -0.878. The zero-order valence-electron chi connectivity index (χ0n) is 13.0. The molecule has 0 N–H and O–H groups in total. The Hall–Kier alpha value is -2.20. The zero-order chi connectivity index (χ0) is 16.1. The van der Waals surface area contributed by atoms with Crippen molar-refractivity contribution in [1.82, 2.24) is 4.90 Å². The molecule has 0 saturated heterocycles. The molecule has 4 heteroatoms. The lowest BCUT2D eigenvalue weighted by atomic mass is 10.1. The minimum Gasteiger partial charge on any atom is -0.456 e. The average Bonchev–Trinajstić information content (AvgIpc) is 2.50. The molecule has 2 atom stereocenters. The van der Waals surface area contributed by atoms with Gasteiger partial charge < -0.3 is 4.74 Å². The van der Waals surface area contributed by atoms with E-state index in [1.165, 1.54) is 6.07 Å². The van der Waals surface area contributed by atoms with Crippen LogP contribution < -0.4 is 0 Å². The lowest BCUT2D eigenvalue weighted by molar-refractivity contribution is -0.154. The number of esters is 1. The third-order valence-corrected chi connectivity index (χ3v) is 3.50. The van der Waals surface area contributed by atoms with Crippen molar-refractivity contribution < 1.29 is 13.9 Å². The van der Waals surface area contributed by atoms with Crippen molar-refractivity contribution in [2.75, 3.05) is 14.1 Å². The number of halogens is 1. The quantitative estimate of drug-likeness (QED) is 0.788. The van der Waals surface area contributed by atoms with E-state index in [2.05, 4.69) is 0 Å². The molecule has 0 saturated carbocycles. The molecule has 2 aromatic carbocycles. The number of rotatable bonds is 5. The van der Waals surface area contributed by atoms with Gasteiger partial charge in [0.15, 0.2) is 0 Å². The van der Waals surface area contributed by atoms with E-state index in [1.54, 1.807) is 44.1 Å². The van der Waals surface area contributed by atoms with Gasteiger partial charge in [0.2, 0.25) is 0 Å². The van der Waals surface area contributed by atoms with E-state index in [-0.39, 0.29) is 6.10 Å². The van der Waals surface area contributed by atoms with Crippen molar-refractivity contribution in [1.29, 1.82) is 0 Å². The third-order valence-electron chi connectivity index (χ3n) is 3.50. The van der Waals surface area contributed by atoms with Gasteiger partial charge in [-0.2, -0.15) is 0 Å². The summed E-state index contributed by atoms with van der Waals surface area (Å²) < 4.78 is 19.5. The van der Waals surface area contributed by atoms with Crippen molar-refractivity contribution in [2.24, 2.45) is 0 Å². The maximum Gasteiger partial charge on any atom is 0.328 e. The average molecular weight is 301 g/mol. The highest BCUT2D eigenvalue weighted by molar-refractivity contribution is 5.78. The van der Waals surface area contributed by atoms with Crippen LogP contribution in [0.5, 0.6) is 0 Å². The van der Waals surface area contributed by atoms with Crippen molar-refractivity contribution in [3.05, 3.63) is 71.5 Å². The van der Waals surface area contributed by atoms with Gasteiger partial charge in [-0.1, -0.05) is 48.5 Å². The van der Waals surface area contributed by atoms with Crippen molar-refractivity contribution in [3.63, 3.8) is 0 Å². The fourth-order valence-corrected chi connectivity index (χ4v) is 2.34. The lowest BCUT2D eigenvalue weighted by Gasteiger charge is -2.25. The molecular formula is C18H20FNO2. The minimum atomic E-state index is -0.771. The topological polar surface area (TPSA) is 29.5 Å². The highest BCUT2D eigenvalue weighted by Gasteiger charge is 2.28. The molecule has 0 radical (unpaired) electrons. The summed E-state index contributed by atoms with van der Waals surface area (Å²) in [5, 5.41) is 0. The first-order valence-electron chi connectivity index (χ1n) is 7.17. The Labute approximate surface area is 130 Å². The summed E-state index contributed by atoms with van der Waals surface area (Å²) in [6.07, 6.45) is -0.386. The summed E-state index contributed by atoms with van der Waals surface area (Å²) >= 11 is 0. The molecule has 116 valence electrons. The van der Waals surface area contributed by atoms with Crippen LogP contribution in [-0.4, -0.2) is 25.0 Å². The van der Waals surface area contributed by atoms with Crippen LogP contribution in [0.4, 0.5) is 4.39 Å². The van der Waals surface area contributed by atoms with Crippen LogP contribution in [0, 0.1) is 5.82 Å². The Morgan fingerprint density at radius 2 is 1.64 bits per heavy atom. The Balaban J connectivity index is 2.19. The number of likely N-dealkylation sites (N-methyl/N-ethyl adjacent to an activating group) is 1. The fraction of sp³-hybridized carbons (Fsp3) is 0.278. The van der Waals surface area contributed by atoms with E-state index in [9.17, 15) is 9.18 Å². The van der Waals surface area contributed by atoms with Crippen LogP contribution in [-0.2, 0) is 9.53 Å². The SMILES string of the molecule is C[C@H](OC(=O)[C@H](c1ccccc1F)N(C)C)c1ccccc1. The number of hydrogen-bond donors (Lipinski definition) is 0. The van der Waals surface area contributed by atoms with Crippen LogP contribution in [0.15, 0.2) is 54.6 Å². The van der Waals surface area contributed by atoms with Gasteiger partial charge in [-0.25, -0.2) is 9.18 Å². The van der Waals surface area contributed by atoms with Crippen LogP contribution >= 0.6 is 0 Å². The van der Waals surface area contributed by atoms with Crippen LogP contribution in [0.25, 0.3) is 0 Å². The number of nitrogens with zero attached hydrogens (tertiary/aromatic N) is 1. The highest BCUT2D eigenvalue weighted by atomic mass is 19.1. The lowest BCUT2D eigenvalue weighted by Crippen LogP contribution is -2.30. The first kappa shape index (κ1) is 16.2. The first-order valence-corrected chi connectivity index (χ1v) is 7.17. The van der Waals surface area contributed by atoms with Gasteiger partial charge in [-0.15, -0.1) is 0 Å². The van der Waals surface area contributed by atoms with E-state index in [0.29, 0.717) is 5.56 Å². The van der Waals surface area contributed by atoms with E-state index in [0.717, 1.165) is 5.56 Å². The number of hydrogen-bond acceptors (Lipinski definition) is 3. The highest BCUT2D eigenvalue weighted by Crippen LogP contribution is 2.26. The molecule has 0 aliphatic carbocycles. The summed E-state index contributed by atoms with van der Waals surface area (Å²) in [4.78, 5) is 14.1. The molecule has 0 aromatic heterocycles. The van der Waals surface area contributed by atoms with Gasteiger partial charge in [-0.3, -0.25) is 4.90 Å². The first-order chi connectivity index (χ1) is 10.5. The number of carbonyl (C=O) groups is 1. The van der Waals surface area contributed by atoms with Crippen LogP contribution in [0.1, 0.15) is 30.2 Å². The Kier molecular flexibility index (Phi) is 5.28. The molecule has 0 unspecified atom stereocenters. The Morgan fingerprint density at radius 3 is 2.23 bits per heavy atom. The minimum absolute atomic E-state index is 0.317. The van der Waals surface area contributed by atoms with Gasteiger partial charge in [0.1, 0.15) is 18.0 Å². The van der Waals surface area contributed by atoms with Crippen LogP contribution in [0.2, 0.25) is 0 Å². The molecule has 0 heterocycles. The molecular weight excluding hydrogens is 281 g/mol. The summed E-state index contributed by atoms with van der Waals surface area (Å²) in [5.41, 5.74) is 1.22. The molecule has 0 aliphatic heterocycles. The second kappa shape index (κ2) is 7.18. The molecule has 2 rings (SSSR count). The summed E-state index contributed by atoms with van der Waals surface area (Å²) in [6, 6.07) is 15.0. The largest absolute Gasteiger partial charge is 0.456 e. The van der Waals surface area contributed by atoms with Crippen molar-refractivity contribution >= 4 is 5.97 Å². The van der Waals surface area contributed by atoms with Crippen LogP contribution in [0.3, 0.4) is 0 Å². The van der Waals surface area contributed by atoms with E-state index < -0.39 is 17.8 Å². The molecule has 0 bridgehead atoms. The van der Waals surface area contributed by atoms with E-state index in [4.69, 9.17) is 4.74 Å². The van der Waals surface area contributed by atoms with Gasteiger partial charge in [0.05, 0.1) is 0 Å². The summed E-state index contributed by atoms with van der Waals surface area (Å²) in [6.45, 7) is 1.81.